The van der Waals surface area contributed by atoms with Gasteiger partial charge >= 0.3 is 0 Å². The Morgan fingerprint density at radius 3 is 2.75 bits per heavy atom. The second-order valence-corrected chi connectivity index (χ2v) is 4.86. The first-order valence-corrected chi connectivity index (χ1v) is 5.87. The van der Waals surface area contributed by atoms with Crippen molar-refractivity contribution in [3.63, 3.8) is 0 Å². The van der Waals surface area contributed by atoms with Gasteiger partial charge in [0, 0.05) is 5.56 Å². The maximum atomic E-state index is 5.75. The van der Waals surface area contributed by atoms with Gasteiger partial charge in [0.25, 0.3) is 0 Å². The van der Waals surface area contributed by atoms with Crippen molar-refractivity contribution in [2.24, 2.45) is 5.92 Å². The quantitative estimate of drug-likeness (QED) is 0.937. The van der Waals surface area contributed by atoms with Crippen LogP contribution in [-0.2, 0) is 6.42 Å². The Morgan fingerprint density at radius 1 is 1.44 bits per heavy atom. The fourth-order valence-electron chi connectivity index (χ4n) is 1.56. The molecule has 2 rings (SSSR count). The van der Waals surface area contributed by atoms with Crippen molar-refractivity contribution in [3.8, 4) is 11.5 Å². The SMILES string of the molecule is CC(C)Cc1c(-c2ccc(Br)o2)noc1N. The van der Waals surface area contributed by atoms with Crippen molar-refractivity contribution in [2.75, 3.05) is 5.73 Å². The van der Waals surface area contributed by atoms with Crippen molar-refractivity contribution in [3.05, 3.63) is 22.4 Å². The Hall–Kier alpha value is -1.23. The summed E-state index contributed by atoms with van der Waals surface area (Å²) < 4.78 is 11.1. The molecule has 0 aromatic carbocycles. The van der Waals surface area contributed by atoms with E-state index in [9.17, 15) is 0 Å². The second-order valence-electron chi connectivity index (χ2n) is 4.08. The van der Waals surface area contributed by atoms with E-state index < -0.39 is 0 Å². The third kappa shape index (κ3) is 2.14. The number of nitrogen functional groups attached to an aromatic ring is 1. The van der Waals surface area contributed by atoms with Crippen LogP contribution in [0.3, 0.4) is 0 Å². The number of hydrogen-bond acceptors (Lipinski definition) is 4. The first-order valence-electron chi connectivity index (χ1n) is 5.07. The number of anilines is 1. The maximum absolute atomic E-state index is 5.75. The molecular weight excluding hydrogens is 272 g/mol. The van der Waals surface area contributed by atoms with E-state index in [1.54, 1.807) is 0 Å². The van der Waals surface area contributed by atoms with E-state index in [1.807, 2.05) is 12.1 Å². The highest BCUT2D eigenvalue weighted by molar-refractivity contribution is 9.10. The molecule has 0 saturated heterocycles. The lowest BCUT2D eigenvalue weighted by atomic mass is 10.0. The summed E-state index contributed by atoms with van der Waals surface area (Å²) in [5, 5.41) is 3.94. The summed E-state index contributed by atoms with van der Waals surface area (Å²) >= 11 is 3.26. The highest BCUT2D eigenvalue weighted by atomic mass is 79.9. The Labute approximate surface area is 102 Å². The van der Waals surface area contributed by atoms with Crippen LogP contribution in [0.2, 0.25) is 0 Å². The molecule has 4 nitrogen and oxygen atoms in total. The van der Waals surface area contributed by atoms with Gasteiger partial charge in [0.15, 0.2) is 16.1 Å². The van der Waals surface area contributed by atoms with Gasteiger partial charge in [-0.25, -0.2) is 0 Å². The van der Waals surface area contributed by atoms with Gasteiger partial charge in [-0.3, -0.25) is 0 Å². The van der Waals surface area contributed by atoms with Gasteiger partial charge in [-0.1, -0.05) is 19.0 Å². The molecule has 0 unspecified atom stereocenters. The Morgan fingerprint density at radius 2 is 2.19 bits per heavy atom. The van der Waals surface area contributed by atoms with Crippen LogP contribution < -0.4 is 5.73 Å². The van der Waals surface area contributed by atoms with Crippen LogP contribution in [0.15, 0.2) is 25.7 Å². The number of hydrogen-bond donors (Lipinski definition) is 1. The third-order valence-electron chi connectivity index (χ3n) is 2.24. The van der Waals surface area contributed by atoms with Crippen LogP contribution in [0.1, 0.15) is 19.4 Å². The van der Waals surface area contributed by atoms with E-state index in [2.05, 4.69) is 34.9 Å². The zero-order valence-electron chi connectivity index (χ0n) is 9.16. The molecule has 0 fully saturated rings. The van der Waals surface area contributed by atoms with E-state index in [-0.39, 0.29) is 0 Å². The van der Waals surface area contributed by atoms with Crippen LogP contribution in [-0.4, -0.2) is 5.16 Å². The van der Waals surface area contributed by atoms with Gasteiger partial charge in [-0.15, -0.1) is 0 Å². The van der Waals surface area contributed by atoms with Crippen LogP contribution in [0.5, 0.6) is 0 Å². The number of nitrogens with two attached hydrogens (primary N) is 1. The Bertz CT molecular complexity index is 488. The topological polar surface area (TPSA) is 65.2 Å². The standard InChI is InChI=1S/C11H13BrN2O2/c1-6(2)5-7-10(14-16-11(7)13)8-3-4-9(12)15-8/h3-4,6H,5,13H2,1-2H3. The summed E-state index contributed by atoms with van der Waals surface area (Å²) in [6.45, 7) is 4.24. The Balaban J connectivity index is 2.41. The molecule has 0 radical (unpaired) electrons. The molecule has 0 saturated carbocycles. The monoisotopic (exact) mass is 284 g/mol. The van der Waals surface area contributed by atoms with E-state index in [0.29, 0.717) is 27.9 Å². The van der Waals surface area contributed by atoms with Gasteiger partial charge < -0.3 is 14.7 Å². The molecule has 0 aliphatic carbocycles. The smallest absolute Gasteiger partial charge is 0.226 e. The maximum Gasteiger partial charge on any atom is 0.226 e. The molecule has 2 aromatic rings. The van der Waals surface area contributed by atoms with Gasteiger partial charge in [0.05, 0.1) is 0 Å². The lowest BCUT2D eigenvalue weighted by molar-refractivity contribution is 0.434. The molecule has 0 atom stereocenters. The number of rotatable bonds is 3. The molecular formula is C11H13BrN2O2. The van der Waals surface area contributed by atoms with Crippen LogP contribution in [0.25, 0.3) is 11.5 Å². The zero-order chi connectivity index (χ0) is 11.7. The van der Waals surface area contributed by atoms with E-state index in [0.717, 1.165) is 12.0 Å². The summed E-state index contributed by atoms with van der Waals surface area (Å²) in [7, 11) is 0. The molecule has 2 heterocycles. The molecule has 2 N–H and O–H groups in total. The lowest BCUT2D eigenvalue weighted by Gasteiger charge is -2.03. The molecule has 5 heteroatoms. The second kappa shape index (κ2) is 4.33. The highest BCUT2D eigenvalue weighted by Crippen LogP contribution is 2.31. The first-order chi connectivity index (χ1) is 7.58. The molecule has 2 aromatic heterocycles. The molecule has 86 valence electrons. The molecule has 0 spiro atoms. The predicted octanol–water partition coefficient (Wildman–Crippen LogP) is 3.48. The van der Waals surface area contributed by atoms with Crippen LogP contribution in [0.4, 0.5) is 5.88 Å². The minimum atomic E-state index is 0.372. The van der Waals surface area contributed by atoms with Crippen molar-refractivity contribution in [1.29, 1.82) is 0 Å². The van der Waals surface area contributed by atoms with Crippen LogP contribution in [0, 0.1) is 5.92 Å². The third-order valence-corrected chi connectivity index (χ3v) is 2.66. The zero-order valence-corrected chi connectivity index (χ0v) is 10.7. The molecule has 0 bridgehead atoms. The number of furan rings is 1. The van der Waals surface area contributed by atoms with E-state index in [1.165, 1.54) is 0 Å². The van der Waals surface area contributed by atoms with Crippen molar-refractivity contribution in [2.45, 2.75) is 20.3 Å². The van der Waals surface area contributed by atoms with Gasteiger partial charge in [0.2, 0.25) is 5.88 Å². The molecule has 0 aliphatic rings. The number of nitrogens with zero attached hydrogens (tertiary/aromatic N) is 1. The molecule has 0 amide bonds. The van der Waals surface area contributed by atoms with E-state index in [4.69, 9.17) is 14.7 Å². The van der Waals surface area contributed by atoms with Crippen LogP contribution >= 0.6 is 15.9 Å². The van der Waals surface area contributed by atoms with E-state index >= 15 is 0 Å². The summed E-state index contributed by atoms with van der Waals surface area (Å²) in [4.78, 5) is 0. The lowest BCUT2D eigenvalue weighted by Crippen LogP contribution is -1.98. The average molecular weight is 285 g/mol. The van der Waals surface area contributed by atoms with Crippen molar-refractivity contribution in [1.82, 2.24) is 5.16 Å². The average Bonchev–Trinajstić information content (AvgIpc) is 2.75. The minimum absolute atomic E-state index is 0.372. The number of halogens is 1. The minimum Gasteiger partial charge on any atom is -0.448 e. The fraction of sp³-hybridized carbons (Fsp3) is 0.364. The van der Waals surface area contributed by atoms with Gasteiger partial charge in [-0.05, 0) is 40.4 Å². The summed E-state index contributed by atoms with van der Waals surface area (Å²) in [6, 6.07) is 3.66. The summed E-state index contributed by atoms with van der Waals surface area (Å²) in [5.74, 6) is 1.53. The molecule has 0 aliphatic heterocycles. The summed E-state index contributed by atoms with van der Waals surface area (Å²) in [5.41, 5.74) is 7.36. The highest BCUT2D eigenvalue weighted by Gasteiger charge is 2.18. The van der Waals surface area contributed by atoms with Gasteiger partial charge in [0.1, 0.15) is 0 Å². The van der Waals surface area contributed by atoms with Crippen molar-refractivity contribution >= 4 is 21.8 Å². The number of aromatic nitrogens is 1. The van der Waals surface area contributed by atoms with Gasteiger partial charge in [-0.2, -0.15) is 0 Å². The largest absolute Gasteiger partial charge is 0.448 e. The summed E-state index contributed by atoms with van der Waals surface area (Å²) in [6.07, 6.45) is 0.822. The van der Waals surface area contributed by atoms with Crippen molar-refractivity contribution < 1.29 is 8.94 Å². The fourth-order valence-corrected chi connectivity index (χ4v) is 1.87. The Kier molecular flexibility index (Phi) is 3.05. The normalized spacial score (nSPS) is 11.2. The molecule has 16 heavy (non-hydrogen) atoms. The first kappa shape index (κ1) is 11.3. The predicted molar refractivity (Wildman–Crippen MR) is 64.9 cm³/mol.